The Labute approximate surface area is 86.5 Å². The van der Waals surface area contributed by atoms with Gasteiger partial charge in [0.25, 0.3) is 5.91 Å². The van der Waals surface area contributed by atoms with E-state index in [1.807, 2.05) is 0 Å². The normalized spacial score (nSPS) is 14.8. The highest BCUT2D eigenvalue weighted by Crippen LogP contribution is 2.29. The number of amides is 1. The first-order chi connectivity index (χ1) is 7.20. The average Bonchev–Trinajstić information content (AvgIpc) is 3.01. The Morgan fingerprint density at radius 3 is 3.00 bits per heavy atom. The molecule has 0 aliphatic heterocycles. The zero-order valence-electron chi connectivity index (χ0n) is 8.29. The molecular weight excluding hydrogens is 199 g/mol. The highest BCUT2D eigenvalue weighted by molar-refractivity contribution is 5.96. The fourth-order valence-electron chi connectivity index (χ4n) is 1.18. The summed E-state index contributed by atoms with van der Waals surface area (Å²) in [5.41, 5.74) is 0.269. The smallest absolute Gasteiger partial charge is 0.256 e. The summed E-state index contributed by atoms with van der Waals surface area (Å²) in [4.78, 5) is 14.8. The van der Waals surface area contributed by atoms with Crippen molar-refractivity contribution in [2.24, 2.45) is 0 Å². The predicted octanol–water partition coefficient (Wildman–Crippen LogP) is 1.12. The minimum atomic E-state index is -0.640. The number of hydrogen-bond donors (Lipinski definition) is 1. The van der Waals surface area contributed by atoms with Gasteiger partial charge >= 0.3 is 0 Å². The van der Waals surface area contributed by atoms with Gasteiger partial charge in [0.05, 0.1) is 11.7 Å². The zero-order valence-corrected chi connectivity index (χ0v) is 8.29. The van der Waals surface area contributed by atoms with Crippen molar-refractivity contribution in [2.45, 2.75) is 18.9 Å². The Morgan fingerprint density at radius 1 is 1.67 bits per heavy atom. The first-order valence-corrected chi connectivity index (χ1v) is 4.75. The highest BCUT2D eigenvalue weighted by atomic mass is 19.1. The van der Waals surface area contributed by atoms with Crippen LogP contribution in [0.25, 0.3) is 0 Å². The van der Waals surface area contributed by atoms with Crippen LogP contribution in [-0.4, -0.2) is 24.0 Å². The SMILES string of the molecule is CNC(=O)c1cnc(F)cc1OC1CC1. The monoisotopic (exact) mass is 210 g/mol. The Hall–Kier alpha value is -1.65. The van der Waals surface area contributed by atoms with Gasteiger partial charge in [0, 0.05) is 19.3 Å². The summed E-state index contributed by atoms with van der Waals surface area (Å²) in [6, 6.07) is 1.14. The number of aromatic nitrogens is 1. The number of halogens is 1. The van der Waals surface area contributed by atoms with Crippen molar-refractivity contribution < 1.29 is 13.9 Å². The van der Waals surface area contributed by atoms with E-state index in [4.69, 9.17) is 4.74 Å². The van der Waals surface area contributed by atoms with Gasteiger partial charge in [0.2, 0.25) is 5.95 Å². The third kappa shape index (κ3) is 2.23. The van der Waals surface area contributed by atoms with Crippen molar-refractivity contribution in [3.05, 3.63) is 23.8 Å². The van der Waals surface area contributed by atoms with Gasteiger partial charge in [-0.15, -0.1) is 0 Å². The molecule has 0 radical (unpaired) electrons. The Kier molecular flexibility index (Phi) is 2.53. The summed E-state index contributed by atoms with van der Waals surface area (Å²) < 4.78 is 18.3. The second kappa shape index (κ2) is 3.84. The van der Waals surface area contributed by atoms with E-state index in [0.717, 1.165) is 18.9 Å². The van der Waals surface area contributed by atoms with Gasteiger partial charge in [-0.2, -0.15) is 4.39 Å². The molecule has 2 rings (SSSR count). The quantitative estimate of drug-likeness (QED) is 0.760. The third-order valence-electron chi connectivity index (χ3n) is 2.12. The average molecular weight is 210 g/mol. The first-order valence-electron chi connectivity index (χ1n) is 4.75. The van der Waals surface area contributed by atoms with Gasteiger partial charge in [-0.25, -0.2) is 4.98 Å². The predicted molar refractivity (Wildman–Crippen MR) is 51.2 cm³/mol. The molecule has 0 saturated heterocycles. The molecule has 0 atom stereocenters. The number of nitrogens with zero attached hydrogens (tertiary/aromatic N) is 1. The van der Waals surface area contributed by atoms with Crippen LogP contribution in [0.1, 0.15) is 23.2 Å². The Balaban J connectivity index is 2.29. The first kappa shape index (κ1) is 9.89. The van der Waals surface area contributed by atoms with Crippen LogP contribution in [-0.2, 0) is 0 Å². The van der Waals surface area contributed by atoms with Crippen LogP contribution in [0.15, 0.2) is 12.3 Å². The fourth-order valence-corrected chi connectivity index (χ4v) is 1.18. The van der Waals surface area contributed by atoms with E-state index in [1.165, 1.54) is 13.2 Å². The summed E-state index contributed by atoms with van der Waals surface area (Å²) in [5.74, 6) is -0.694. The molecule has 4 nitrogen and oxygen atoms in total. The molecule has 1 aliphatic carbocycles. The van der Waals surface area contributed by atoms with Gasteiger partial charge in [0.15, 0.2) is 0 Å². The minimum absolute atomic E-state index is 0.121. The van der Waals surface area contributed by atoms with Crippen molar-refractivity contribution in [1.29, 1.82) is 0 Å². The minimum Gasteiger partial charge on any atom is -0.489 e. The molecule has 80 valence electrons. The number of rotatable bonds is 3. The lowest BCUT2D eigenvalue weighted by Gasteiger charge is -2.08. The molecule has 1 fully saturated rings. The number of pyridine rings is 1. The lowest BCUT2D eigenvalue weighted by molar-refractivity contribution is 0.0958. The van der Waals surface area contributed by atoms with Gasteiger partial charge in [-0.05, 0) is 12.8 Å². The second-order valence-corrected chi connectivity index (χ2v) is 3.40. The largest absolute Gasteiger partial charge is 0.489 e. The lowest BCUT2D eigenvalue weighted by atomic mass is 10.2. The van der Waals surface area contributed by atoms with Crippen molar-refractivity contribution >= 4 is 5.91 Å². The van der Waals surface area contributed by atoms with E-state index in [9.17, 15) is 9.18 Å². The molecule has 1 aromatic rings. The highest BCUT2D eigenvalue weighted by Gasteiger charge is 2.26. The fraction of sp³-hybridized carbons (Fsp3) is 0.400. The molecule has 1 N–H and O–H groups in total. The maximum absolute atomic E-state index is 12.9. The van der Waals surface area contributed by atoms with Gasteiger partial charge in [-0.3, -0.25) is 4.79 Å². The molecule has 1 heterocycles. The molecule has 1 aromatic heterocycles. The summed E-state index contributed by atoms with van der Waals surface area (Å²) in [5, 5.41) is 2.45. The van der Waals surface area contributed by atoms with Crippen molar-refractivity contribution in [3.63, 3.8) is 0 Å². The summed E-state index contributed by atoms with van der Waals surface area (Å²) in [6.07, 6.45) is 3.22. The lowest BCUT2D eigenvalue weighted by Crippen LogP contribution is -2.19. The molecule has 0 aromatic carbocycles. The Bertz CT molecular complexity index is 391. The van der Waals surface area contributed by atoms with Gasteiger partial charge < -0.3 is 10.1 Å². The number of hydrogen-bond acceptors (Lipinski definition) is 3. The van der Waals surface area contributed by atoms with Crippen LogP contribution in [0, 0.1) is 5.95 Å². The molecular formula is C10H11FN2O2. The molecule has 5 heteroatoms. The van der Waals surface area contributed by atoms with Crippen molar-refractivity contribution in [1.82, 2.24) is 10.3 Å². The van der Waals surface area contributed by atoms with Gasteiger partial charge in [0.1, 0.15) is 5.75 Å². The Morgan fingerprint density at radius 2 is 2.40 bits per heavy atom. The van der Waals surface area contributed by atoms with Crippen LogP contribution < -0.4 is 10.1 Å². The topological polar surface area (TPSA) is 51.2 Å². The van der Waals surface area contributed by atoms with Gasteiger partial charge in [-0.1, -0.05) is 0 Å². The number of ether oxygens (including phenoxy) is 1. The van der Waals surface area contributed by atoms with E-state index >= 15 is 0 Å². The third-order valence-corrected chi connectivity index (χ3v) is 2.12. The van der Waals surface area contributed by atoms with Crippen LogP contribution in [0.3, 0.4) is 0 Å². The van der Waals surface area contributed by atoms with Crippen LogP contribution >= 0.6 is 0 Å². The maximum Gasteiger partial charge on any atom is 0.256 e. The van der Waals surface area contributed by atoms with Crippen LogP contribution in [0.4, 0.5) is 4.39 Å². The van der Waals surface area contributed by atoms with E-state index in [1.54, 1.807) is 0 Å². The summed E-state index contributed by atoms with van der Waals surface area (Å²) in [7, 11) is 1.51. The van der Waals surface area contributed by atoms with E-state index in [2.05, 4.69) is 10.3 Å². The molecule has 0 bridgehead atoms. The number of carbonyl (C=O) groups excluding carboxylic acids is 1. The zero-order chi connectivity index (χ0) is 10.8. The summed E-state index contributed by atoms with van der Waals surface area (Å²) >= 11 is 0. The van der Waals surface area contributed by atoms with Crippen molar-refractivity contribution in [3.8, 4) is 5.75 Å². The second-order valence-electron chi connectivity index (χ2n) is 3.40. The standard InChI is InChI=1S/C10H11FN2O2/c1-12-10(14)7-5-13-9(11)4-8(7)15-6-2-3-6/h4-6H,2-3H2,1H3,(H,12,14). The number of carbonyl (C=O) groups is 1. The molecule has 0 spiro atoms. The van der Waals surface area contributed by atoms with E-state index in [0.29, 0.717) is 0 Å². The molecule has 15 heavy (non-hydrogen) atoms. The molecule has 1 amide bonds. The van der Waals surface area contributed by atoms with Crippen LogP contribution in [0.2, 0.25) is 0 Å². The molecule has 1 saturated carbocycles. The van der Waals surface area contributed by atoms with E-state index in [-0.39, 0.29) is 23.3 Å². The molecule has 1 aliphatic rings. The number of nitrogens with one attached hydrogen (secondary N) is 1. The maximum atomic E-state index is 12.9. The van der Waals surface area contributed by atoms with E-state index < -0.39 is 5.95 Å². The summed E-state index contributed by atoms with van der Waals surface area (Å²) in [6.45, 7) is 0. The molecule has 0 unspecified atom stereocenters. The van der Waals surface area contributed by atoms with Crippen LogP contribution in [0.5, 0.6) is 5.75 Å². The van der Waals surface area contributed by atoms with Crippen molar-refractivity contribution in [2.75, 3.05) is 7.05 Å².